The van der Waals surface area contributed by atoms with Crippen molar-refractivity contribution >= 4 is 5.91 Å². The van der Waals surface area contributed by atoms with Gasteiger partial charge in [-0.25, -0.2) is 0 Å². The maximum Gasteiger partial charge on any atom is 0.228 e. The van der Waals surface area contributed by atoms with Gasteiger partial charge in [0.25, 0.3) is 0 Å². The zero-order valence-electron chi connectivity index (χ0n) is 9.90. The van der Waals surface area contributed by atoms with Crippen molar-refractivity contribution in [2.45, 2.75) is 39.3 Å². The fraction of sp³-hybridized carbons (Fsp3) is 0.917. The molecule has 2 fully saturated rings. The molecule has 0 radical (unpaired) electrons. The van der Waals surface area contributed by atoms with Crippen LogP contribution >= 0.6 is 0 Å². The molecule has 2 rings (SSSR count). The van der Waals surface area contributed by atoms with E-state index in [1.165, 1.54) is 12.8 Å². The highest BCUT2D eigenvalue weighted by Gasteiger charge is 2.50. The zero-order chi connectivity index (χ0) is 11.0. The number of likely N-dealkylation sites (tertiary alicyclic amines) is 1. The van der Waals surface area contributed by atoms with Crippen molar-refractivity contribution in [3.05, 3.63) is 0 Å². The Morgan fingerprint density at radius 2 is 2.20 bits per heavy atom. The van der Waals surface area contributed by atoms with E-state index >= 15 is 0 Å². The van der Waals surface area contributed by atoms with Gasteiger partial charge in [-0.2, -0.15) is 0 Å². The van der Waals surface area contributed by atoms with Crippen molar-refractivity contribution in [1.82, 2.24) is 4.90 Å². The maximum absolute atomic E-state index is 12.1. The summed E-state index contributed by atoms with van der Waals surface area (Å²) in [5.74, 6) is 1.49. The Morgan fingerprint density at radius 1 is 1.47 bits per heavy atom. The van der Waals surface area contributed by atoms with Crippen molar-refractivity contribution < 1.29 is 9.53 Å². The first-order valence-corrected chi connectivity index (χ1v) is 6.05. The summed E-state index contributed by atoms with van der Waals surface area (Å²) in [7, 11) is 1.88. The standard InChI is InChI=1S/C12H21NO2/c1-4-15-12-9-7-5-6-8(2)10(9)11(14)13(12)3/h8-10,12H,4-7H2,1-3H3/t8-,9+,10-,12-/m0/s1. The van der Waals surface area contributed by atoms with Gasteiger partial charge < -0.3 is 9.64 Å². The van der Waals surface area contributed by atoms with Gasteiger partial charge in [-0.15, -0.1) is 0 Å². The van der Waals surface area contributed by atoms with Gasteiger partial charge in [-0.05, 0) is 25.7 Å². The van der Waals surface area contributed by atoms with Crippen molar-refractivity contribution in [1.29, 1.82) is 0 Å². The van der Waals surface area contributed by atoms with Crippen LogP contribution in [0.3, 0.4) is 0 Å². The molecule has 0 N–H and O–H groups in total. The lowest BCUT2D eigenvalue weighted by Crippen LogP contribution is -2.34. The minimum Gasteiger partial charge on any atom is -0.358 e. The lowest BCUT2D eigenvalue weighted by Gasteiger charge is -2.31. The zero-order valence-corrected chi connectivity index (χ0v) is 9.90. The van der Waals surface area contributed by atoms with Crippen LogP contribution in [0.4, 0.5) is 0 Å². The van der Waals surface area contributed by atoms with Gasteiger partial charge in [-0.3, -0.25) is 4.79 Å². The summed E-state index contributed by atoms with van der Waals surface area (Å²) in [4.78, 5) is 13.9. The third-order valence-corrected chi connectivity index (χ3v) is 3.99. The summed E-state index contributed by atoms with van der Waals surface area (Å²) < 4.78 is 5.71. The molecule has 1 heterocycles. The molecule has 1 aliphatic heterocycles. The highest BCUT2D eigenvalue weighted by atomic mass is 16.5. The molecule has 4 atom stereocenters. The molecule has 3 heteroatoms. The summed E-state index contributed by atoms with van der Waals surface area (Å²) in [5, 5.41) is 0. The van der Waals surface area contributed by atoms with Gasteiger partial charge in [0.2, 0.25) is 5.91 Å². The van der Waals surface area contributed by atoms with Crippen LogP contribution < -0.4 is 0 Å². The second-order valence-corrected chi connectivity index (χ2v) is 4.89. The number of hydrogen-bond acceptors (Lipinski definition) is 2. The Bertz CT molecular complexity index is 254. The van der Waals surface area contributed by atoms with Gasteiger partial charge in [-0.1, -0.05) is 13.3 Å². The van der Waals surface area contributed by atoms with Crippen molar-refractivity contribution in [2.24, 2.45) is 17.8 Å². The molecule has 15 heavy (non-hydrogen) atoms. The molecule has 0 aromatic carbocycles. The number of fused-ring (bicyclic) bond motifs is 1. The van der Waals surface area contributed by atoms with E-state index in [-0.39, 0.29) is 12.1 Å². The van der Waals surface area contributed by atoms with E-state index in [0.717, 1.165) is 6.42 Å². The summed E-state index contributed by atoms with van der Waals surface area (Å²) >= 11 is 0. The van der Waals surface area contributed by atoms with E-state index in [1.54, 1.807) is 0 Å². The van der Waals surface area contributed by atoms with Crippen LogP contribution in [0.25, 0.3) is 0 Å². The highest BCUT2D eigenvalue weighted by molar-refractivity contribution is 5.82. The number of carbonyl (C=O) groups is 1. The highest BCUT2D eigenvalue weighted by Crippen LogP contribution is 2.43. The fourth-order valence-electron chi connectivity index (χ4n) is 3.26. The molecular weight excluding hydrogens is 190 g/mol. The largest absolute Gasteiger partial charge is 0.358 e. The Morgan fingerprint density at radius 3 is 2.87 bits per heavy atom. The van der Waals surface area contributed by atoms with E-state index in [4.69, 9.17) is 4.74 Å². The SMILES string of the molecule is CCO[C@H]1[C@@H]2CCC[C@H](C)[C@@H]2C(=O)N1C. The number of amides is 1. The number of ether oxygens (including phenoxy) is 1. The molecule has 0 bridgehead atoms. The molecule has 2 aliphatic rings. The van der Waals surface area contributed by atoms with Crippen molar-refractivity contribution in [2.75, 3.05) is 13.7 Å². The van der Waals surface area contributed by atoms with Crippen LogP contribution in [-0.4, -0.2) is 30.7 Å². The number of nitrogens with zero attached hydrogens (tertiary/aromatic N) is 1. The number of carbonyl (C=O) groups excluding carboxylic acids is 1. The van der Waals surface area contributed by atoms with E-state index in [2.05, 4.69) is 6.92 Å². The first-order chi connectivity index (χ1) is 7.16. The van der Waals surface area contributed by atoms with Crippen LogP contribution in [-0.2, 0) is 9.53 Å². The Labute approximate surface area is 91.8 Å². The van der Waals surface area contributed by atoms with Crippen molar-refractivity contribution in [3.63, 3.8) is 0 Å². The molecule has 1 saturated carbocycles. The normalized spacial score (nSPS) is 40.7. The Hall–Kier alpha value is -0.570. The molecule has 86 valence electrons. The maximum atomic E-state index is 12.1. The van der Waals surface area contributed by atoms with Crippen LogP contribution in [0.1, 0.15) is 33.1 Å². The first-order valence-electron chi connectivity index (χ1n) is 6.05. The molecule has 1 saturated heterocycles. The predicted octanol–water partition coefficient (Wildman–Crippen LogP) is 1.87. The average molecular weight is 211 g/mol. The second-order valence-electron chi connectivity index (χ2n) is 4.89. The van der Waals surface area contributed by atoms with Crippen molar-refractivity contribution in [3.8, 4) is 0 Å². The van der Waals surface area contributed by atoms with Crippen LogP contribution in [0.2, 0.25) is 0 Å². The number of hydrogen-bond donors (Lipinski definition) is 0. The third-order valence-electron chi connectivity index (χ3n) is 3.99. The topological polar surface area (TPSA) is 29.5 Å². The molecule has 0 aromatic rings. The van der Waals surface area contributed by atoms with Crippen LogP contribution in [0.5, 0.6) is 0 Å². The molecule has 0 aromatic heterocycles. The minimum atomic E-state index is 0.0373. The van der Waals surface area contributed by atoms with E-state index < -0.39 is 0 Å². The van der Waals surface area contributed by atoms with Gasteiger partial charge in [0.15, 0.2) is 0 Å². The predicted molar refractivity (Wildman–Crippen MR) is 58.2 cm³/mol. The molecule has 1 amide bonds. The molecule has 1 aliphatic carbocycles. The van der Waals surface area contributed by atoms with Gasteiger partial charge >= 0.3 is 0 Å². The van der Waals surface area contributed by atoms with Crippen LogP contribution in [0.15, 0.2) is 0 Å². The second kappa shape index (κ2) is 4.12. The summed E-state index contributed by atoms with van der Waals surface area (Å²) in [6.45, 7) is 4.90. The van der Waals surface area contributed by atoms with E-state index in [9.17, 15) is 4.79 Å². The molecule has 0 unspecified atom stereocenters. The van der Waals surface area contributed by atoms with E-state index in [0.29, 0.717) is 24.3 Å². The summed E-state index contributed by atoms with van der Waals surface area (Å²) in [6, 6.07) is 0. The van der Waals surface area contributed by atoms with Gasteiger partial charge in [0.1, 0.15) is 6.23 Å². The lowest BCUT2D eigenvalue weighted by atomic mass is 9.74. The van der Waals surface area contributed by atoms with Gasteiger partial charge in [0.05, 0.1) is 0 Å². The first kappa shape index (κ1) is 10.9. The van der Waals surface area contributed by atoms with Crippen LogP contribution in [0, 0.1) is 17.8 Å². The Kier molecular flexibility index (Phi) is 3.01. The minimum absolute atomic E-state index is 0.0373. The molecule has 0 spiro atoms. The Balaban J connectivity index is 2.18. The molecule has 3 nitrogen and oxygen atoms in total. The van der Waals surface area contributed by atoms with E-state index in [1.807, 2.05) is 18.9 Å². The average Bonchev–Trinajstić information content (AvgIpc) is 2.45. The lowest BCUT2D eigenvalue weighted by molar-refractivity contribution is -0.136. The fourth-order valence-corrected chi connectivity index (χ4v) is 3.26. The monoisotopic (exact) mass is 211 g/mol. The third kappa shape index (κ3) is 1.67. The number of rotatable bonds is 2. The van der Waals surface area contributed by atoms with Gasteiger partial charge in [0, 0.05) is 25.5 Å². The summed E-state index contributed by atoms with van der Waals surface area (Å²) in [6.07, 6.45) is 3.62. The smallest absolute Gasteiger partial charge is 0.228 e. The molecular formula is C12H21NO2. The summed E-state index contributed by atoms with van der Waals surface area (Å²) in [5.41, 5.74) is 0. The quantitative estimate of drug-likeness (QED) is 0.698.